The standard InChI is InChI=1S/C21H17F2NO5S/c1-12(25)24-14-2-4-16-13(8-21(27)29-19(16)9-14)11-28-20(26)6-7-30-15-3-5-17(22)18(23)10-15/h2-5,8-10H,6-7,11H2,1H3,(H,24,25). The zero-order valence-corrected chi connectivity index (χ0v) is 16.7. The molecule has 2 aromatic carbocycles. The SMILES string of the molecule is CC(=O)Nc1ccc2c(COC(=O)CCSc3ccc(F)c(F)c3)cc(=O)oc2c1. The molecule has 156 valence electrons. The normalized spacial score (nSPS) is 10.8. The third-order valence-corrected chi connectivity index (χ3v) is 5.00. The van der Waals surface area contributed by atoms with E-state index in [9.17, 15) is 23.2 Å². The Labute approximate surface area is 174 Å². The molecule has 30 heavy (non-hydrogen) atoms. The minimum absolute atomic E-state index is 0.0513. The predicted molar refractivity (Wildman–Crippen MR) is 108 cm³/mol. The first kappa shape index (κ1) is 21.5. The fourth-order valence-corrected chi connectivity index (χ4v) is 3.54. The van der Waals surface area contributed by atoms with Crippen molar-refractivity contribution >= 4 is 40.3 Å². The van der Waals surface area contributed by atoms with Crippen molar-refractivity contribution in [1.82, 2.24) is 0 Å². The maximum atomic E-state index is 13.2. The number of benzene rings is 2. The van der Waals surface area contributed by atoms with Gasteiger partial charge in [0.25, 0.3) is 0 Å². The van der Waals surface area contributed by atoms with Crippen LogP contribution in [0.1, 0.15) is 18.9 Å². The molecule has 0 aliphatic heterocycles. The van der Waals surface area contributed by atoms with E-state index in [4.69, 9.17) is 9.15 Å². The molecule has 0 saturated heterocycles. The van der Waals surface area contributed by atoms with Gasteiger partial charge in [-0.05, 0) is 30.3 Å². The van der Waals surface area contributed by atoms with Gasteiger partial charge >= 0.3 is 11.6 Å². The van der Waals surface area contributed by atoms with Gasteiger partial charge in [-0.1, -0.05) is 0 Å². The minimum Gasteiger partial charge on any atom is -0.461 e. The second-order valence-electron chi connectivity index (χ2n) is 6.32. The lowest BCUT2D eigenvalue weighted by Crippen LogP contribution is -2.09. The van der Waals surface area contributed by atoms with Gasteiger partial charge in [-0.25, -0.2) is 13.6 Å². The molecule has 0 saturated carbocycles. The number of esters is 1. The summed E-state index contributed by atoms with van der Waals surface area (Å²) in [4.78, 5) is 35.5. The Hall–Kier alpha value is -3.20. The highest BCUT2D eigenvalue weighted by atomic mass is 32.2. The van der Waals surface area contributed by atoms with E-state index in [1.807, 2.05) is 0 Å². The molecule has 3 aromatic rings. The summed E-state index contributed by atoms with van der Waals surface area (Å²) < 4.78 is 36.5. The quantitative estimate of drug-likeness (QED) is 0.341. The summed E-state index contributed by atoms with van der Waals surface area (Å²) >= 11 is 1.20. The van der Waals surface area contributed by atoms with Gasteiger partial charge in [-0.3, -0.25) is 9.59 Å². The number of fused-ring (bicyclic) bond motifs is 1. The van der Waals surface area contributed by atoms with E-state index in [-0.39, 0.29) is 24.5 Å². The third kappa shape index (κ3) is 5.66. The summed E-state index contributed by atoms with van der Waals surface area (Å²) in [5, 5.41) is 3.17. The van der Waals surface area contributed by atoms with Gasteiger partial charge in [-0.15, -0.1) is 11.8 Å². The predicted octanol–water partition coefficient (Wildman–Crippen LogP) is 4.26. The number of hydrogen-bond donors (Lipinski definition) is 1. The van der Waals surface area contributed by atoms with Gasteiger partial charge in [-0.2, -0.15) is 0 Å². The van der Waals surface area contributed by atoms with Crippen LogP contribution in [0, 0.1) is 11.6 Å². The molecular weight excluding hydrogens is 416 g/mol. The number of ether oxygens (including phenoxy) is 1. The van der Waals surface area contributed by atoms with Gasteiger partial charge in [0.05, 0.1) is 6.42 Å². The highest BCUT2D eigenvalue weighted by Crippen LogP contribution is 2.23. The van der Waals surface area contributed by atoms with Gasteiger partial charge in [0.2, 0.25) is 5.91 Å². The third-order valence-electron chi connectivity index (χ3n) is 4.01. The van der Waals surface area contributed by atoms with E-state index in [0.29, 0.717) is 27.3 Å². The second-order valence-corrected chi connectivity index (χ2v) is 7.49. The van der Waals surface area contributed by atoms with Gasteiger partial charge < -0.3 is 14.5 Å². The van der Waals surface area contributed by atoms with Crippen molar-refractivity contribution in [3.8, 4) is 0 Å². The van der Waals surface area contributed by atoms with Crippen molar-refractivity contribution < 1.29 is 27.5 Å². The van der Waals surface area contributed by atoms with Crippen LogP contribution in [0.15, 0.2) is 56.6 Å². The molecular formula is C21H17F2NO5S. The summed E-state index contributed by atoms with van der Waals surface area (Å²) in [6, 6.07) is 9.58. The Morgan fingerprint density at radius 3 is 2.63 bits per heavy atom. The van der Waals surface area contributed by atoms with Crippen LogP contribution in [-0.4, -0.2) is 17.6 Å². The summed E-state index contributed by atoms with van der Waals surface area (Å²) in [7, 11) is 0. The molecule has 0 unspecified atom stereocenters. The number of carbonyl (C=O) groups is 2. The number of halogens is 2. The molecule has 0 spiro atoms. The molecule has 1 N–H and O–H groups in total. The average molecular weight is 433 g/mol. The van der Waals surface area contributed by atoms with E-state index in [1.165, 1.54) is 36.9 Å². The van der Waals surface area contributed by atoms with Crippen molar-refractivity contribution in [2.24, 2.45) is 0 Å². The molecule has 0 fully saturated rings. The van der Waals surface area contributed by atoms with Crippen molar-refractivity contribution in [1.29, 1.82) is 0 Å². The monoisotopic (exact) mass is 433 g/mol. The van der Waals surface area contributed by atoms with Crippen LogP contribution in [-0.2, 0) is 20.9 Å². The first-order valence-electron chi connectivity index (χ1n) is 8.89. The molecule has 0 radical (unpaired) electrons. The summed E-state index contributed by atoms with van der Waals surface area (Å²) in [6.07, 6.45) is 0.0513. The molecule has 0 atom stereocenters. The lowest BCUT2D eigenvalue weighted by molar-refractivity contribution is -0.144. The number of hydrogen-bond acceptors (Lipinski definition) is 6. The number of amides is 1. The second kappa shape index (κ2) is 9.53. The largest absolute Gasteiger partial charge is 0.461 e. The molecule has 1 amide bonds. The number of thioether (sulfide) groups is 1. The van der Waals surface area contributed by atoms with Crippen molar-refractivity contribution in [2.75, 3.05) is 11.1 Å². The Morgan fingerprint density at radius 2 is 1.90 bits per heavy atom. The van der Waals surface area contributed by atoms with Gasteiger partial charge in [0, 0.05) is 46.3 Å². The minimum atomic E-state index is -0.945. The van der Waals surface area contributed by atoms with Crippen molar-refractivity contribution in [2.45, 2.75) is 24.8 Å². The highest BCUT2D eigenvalue weighted by molar-refractivity contribution is 7.99. The molecule has 6 nitrogen and oxygen atoms in total. The smallest absolute Gasteiger partial charge is 0.336 e. The van der Waals surface area contributed by atoms with Crippen LogP contribution in [0.2, 0.25) is 0 Å². The number of anilines is 1. The van der Waals surface area contributed by atoms with Crippen LogP contribution >= 0.6 is 11.8 Å². The first-order chi connectivity index (χ1) is 14.3. The molecule has 0 bridgehead atoms. The molecule has 1 heterocycles. The van der Waals surface area contributed by atoms with E-state index in [2.05, 4.69) is 5.32 Å². The topological polar surface area (TPSA) is 85.6 Å². The summed E-state index contributed by atoms with van der Waals surface area (Å²) in [5.41, 5.74) is 0.592. The van der Waals surface area contributed by atoms with E-state index in [1.54, 1.807) is 12.1 Å². The highest BCUT2D eigenvalue weighted by Gasteiger charge is 2.11. The van der Waals surface area contributed by atoms with Crippen LogP contribution in [0.25, 0.3) is 11.0 Å². The maximum absolute atomic E-state index is 13.2. The fraction of sp³-hybridized carbons (Fsp3) is 0.190. The molecule has 9 heteroatoms. The maximum Gasteiger partial charge on any atom is 0.336 e. The van der Waals surface area contributed by atoms with Gasteiger partial charge in [0.15, 0.2) is 11.6 Å². The van der Waals surface area contributed by atoms with Gasteiger partial charge in [0.1, 0.15) is 12.2 Å². The number of carbonyl (C=O) groups excluding carboxylic acids is 2. The average Bonchev–Trinajstić information content (AvgIpc) is 2.68. The number of nitrogens with one attached hydrogen (secondary N) is 1. The van der Waals surface area contributed by atoms with Crippen LogP contribution < -0.4 is 10.9 Å². The Bertz CT molecular complexity index is 1160. The van der Waals surface area contributed by atoms with Crippen molar-refractivity contribution in [3.63, 3.8) is 0 Å². The summed E-state index contributed by atoms with van der Waals surface area (Å²) in [5.74, 6) is -2.31. The number of rotatable bonds is 7. The lowest BCUT2D eigenvalue weighted by Gasteiger charge is -2.09. The Balaban J connectivity index is 1.60. The zero-order valence-electron chi connectivity index (χ0n) is 15.9. The van der Waals surface area contributed by atoms with Crippen LogP contribution in [0.5, 0.6) is 0 Å². The Kier molecular flexibility index (Phi) is 6.83. The van der Waals surface area contributed by atoms with Crippen molar-refractivity contribution in [3.05, 3.63) is 70.1 Å². The van der Waals surface area contributed by atoms with E-state index < -0.39 is 23.2 Å². The molecule has 0 aliphatic carbocycles. The lowest BCUT2D eigenvalue weighted by atomic mass is 10.1. The summed E-state index contributed by atoms with van der Waals surface area (Å²) in [6.45, 7) is 1.23. The van der Waals surface area contributed by atoms with Crippen LogP contribution in [0.3, 0.4) is 0 Å². The Morgan fingerprint density at radius 1 is 1.10 bits per heavy atom. The molecule has 3 rings (SSSR count). The van der Waals surface area contributed by atoms with E-state index in [0.717, 1.165) is 12.1 Å². The molecule has 1 aromatic heterocycles. The van der Waals surface area contributed by atoms with E-state index >= 15 is 0 Å². The fourth-order valence-electron chi connectivity index (χ4n) is 2.68. The van der Waals surface area contributed by atoms with Crippen LogP contribution in [0.4, 0.5) is 14.5 Å². The zero-order chi connectivity index (χ0) is 21.7. The molecule has 0 aliphatic rings. The first-order valence-corrected chi connectivity index (χ1v) is 9.88.